The highest BCUT2D eigenvalue weighted by Gasteiger charge is 2.29. The van der Waals surface area contributed by atoms with Crippen molar-refractivity contribution < 1.29 is 28.5 Å². The van der Waals surface area contributed by atoms with Crippen LogP contribution >= 0.6 is 0 Å². The monoisotopic (exact) mass is 501 g/mol. The fourth-order valence-corrected chi connectivity index (χ4v) is 4.99. The standard InChI is InChI=1S/C30H28FNO5/c1-2-3-20(16-29(33)34)19-4-7-22(8-5-19)36-27-12-10-25-24(27)9-11-26(31)30(25)21-6-13-28(32-17-21)37-23-14-15-35-18-23/h4-9,11,13,17,20,23,27H,10,12,14-16,18H2,1H3,(H,33,34)/t20?,23-,27-/m1/s1. The van der Waals surface area contributed by atoms with Crippen molar-refractivity contribution in [2.45, 2.75) is 50.7 Å². The van der Waals surface area contributed by atoms with E-state index in [2.05, 4.69) is 16.8 Å². The molecule has 2 aliphatic rings. The number of halogens is 1. The minimum atomic E-state index is -0.889. The molecule has 2 aromatic carbocycles. The molecular weight excluding hydrogens is 473 g/mol. The lowest BCUT2D eigenvalue weighted by Crippen LogP contribution is -2.16. The summed E-state index contributed by atoms with van der Waals surface area (Å²) < 4.78 is 32.5. The van der Waals surface area contributed by atoms with Crippen molar-refractivity contribution in [1.29, 1.82) is 0 Å². The first-order valence-corrected chi connectivity index (χ1v) is 12.4. The Morgan fingerprint density at radius 3 is 2.68 bits per heavy atom. The SMILES string of the molecule is CC#CC(CC(=O)O)c1ccc(O[C@@H]2CCc3c2ccc(F)c3-c2ccc(O[C@@H]3CCOC3)nc2)cc1. The van der Waals surface area contributed by atoms with Crippen LogP contribution in [0.4, 0.5) is 4.39 Å². The minimum absolute atomic E-state index is 0.00524. The number of hydrogen-bond acceptors (Lipinski definition) is 5. The van der Waals surface area contributed by atoms with Gasteiger partial charge in [-0.05, 0) is 60.7 Å². The van der Waals surface area contributed by atoms with Crippen molar-refractivity contribution in [1.82, 2.24) is 4.98 Å². The third-order valence-corrected chi connectivity index (χ3v) is 6.76. The summed E-state index contributed by atoms with van der Waals surface area (Å²) >= 11 is 0. The van der Waals surface area contributed by atoms with Gasteiger partial charge < -0.3 is 19.3 Å². The van der Waals surface area contributed by atoms with Crippen molar-refractivity contribution in [3.8, 4) is 34.6 Å². The highest BCUT2D eigenvalue weighted by atomic mass is 19.1. The van der Waals surface area contributed by atoms with Crippen molar-refractivity contribution in [3.05, 3.63) is 77.2 Å². The number of aliphatic carboxylic acids is 1. The summed E-state index contributed by atoms with van der Waals surface area (Å²) in [5.74, 6) is 5.40. The summed E-state index contributed by atoms with van der Waals surface area (Å²) in [6, 6.07) is 14.3. The van der Waals surface area contributed by atoms with Crippen molar-refractivity contribution >= 4 is 5.97 Å². The van der Waals surface area contributed by atoms with Gasteiger partial charge in [0, 0.05) is 29.8 Å². The average molecular weight is 502 g/mol. The van der Waals surface area contributed by atoms with Gasteiger partial charge in [0.15, 0.2) is 0 Å². The third kappa shape index (κ3) is 5.60. The minimum Gasteiger partial charge on any atom is -0.486 e. The number of pyridine rings is 1. The maximum atomic E-state index is 15.0. The number of nitrogens with zero attached hydrogens (tertiary/aromatic N) is 1. The van der Waals surface area contributed by atoms with E-state index < -0.39 is 5.97 Å². The van der Waals surface area contributed by atoms with Crippen LogP contribution in [0.25, 0.3) is 11.1 Å². The number of carboxylic acids is 1. The quantitative estimate of drug-likeness (QED) is 0.399. The zero-order valence-electron chi connectivity index (χ0n) is 20.6. The Kier molecular flexibility index (Phi) is 7.38. The van der Waals surface area contributed by atoms with Crippen molar-refractivity contribution in [2.24, 2.45) is 0 Å². The van der Waals surface area contributed by atoms with Gasteiger partial charge in [0.1, 0.15) is 23.8 Å². The van der Waals surface area contributed by atoms with Crippen LogP contribution in [0, 0.1) is 17.7 Å². The van der Waals surface area contributed by atoms with E-state index in [0.29, 0.717) is 42.4 Å². The van der Waals surface area contributed by atoms with E-state index in [-0.39, 0.29) is 30.4 Å². The normalized spacial score (nSPS) is 19.0. The molecule has 1 aliphatic heterocycles. The highest BCUT2D eigenvalue weighted by molar-refractivity contribution is 5.70. The van der Waals surface area contributed by atoms with E-state index in [1.54, 1.807) is 25.3 Å². The Hall–Kier alpha value is -3.89. The number of benzene rings is 2. The number of hydrogen-bond donors (Lipinski definition) is 1. The molecule has 7 heteroatoms. The van der Waals surface area contributed by atoms with Gasteiger partial charge in [0.25, 0.3) is 0 Å². The van der Waals surface area contributed by atoms with Crippen LogP contribution in [-0.2, 0) is 16.0 Å². The van der Waals surface area contributed by atoms with Gasteiger partial charge in [0.2, 0.25) is 5.88 Å². The number of rotatable bonds is 8. The Morgan fingerprint density at radius 2 is 2.00 bits per heavy atom. The molecule has 0 spiro atoms. The molecule has 3 atom stereocenters. The number of aromatic nitrogens is 1. The van der Waals surface area contributed by atoms with Crippen LogP contribution in [0.3, 0.4) is 0 Å². The molecule has 1 N–H and O–H groups in total. The molecule has 0 saturated carbocycles. The van der Waals surface area contributed by atoms with Crippen LogP contribution in [0.2, 0.25) is 0 Å². The van der Waals surface area contributed by atoms with Gasteiger partial charge in [-0.2, -0.15) is 0 Å². The third-order valence-electron chi connectivity index (χ3n) is 6.76. The van der Waals surface area contributed by atoms with E-state index in [1.807, 2.05) is 30.3 Å². The smallest absolute Gasteiger partial charge is 0.304 e. The predicted molar refractivity (Wildman–Crippen MR) is 136 cm³/mol. The Morgan fingerprint density at radius 1 is 1.16 bits per heavy atom. The number of carbonyl (C=O) groups is 1. The van der Waals surface area contributed by atoms with Gasteiger partial charge in [-0.3, -0.25) is 4.79 Å². The van der Waals surface area contributed by atoms with Crippen LogP contribution in [-0.4, -0.2) is 35.4 Å². The molecule has 1 saturated heterocycles. The largest absolute Gasteiger partial charge is 0.486 e. The average Bonchev–Trinajstić information content (AvgIpc) is 3.55. The summed E-state index contributed by atoms with van der Waals surface area (Å²) in [6.07, 6.45) is 3.66. The van der Waals surface area contributed by atoms with Gasteiger partial charge in [-0.25, -0.2) is 9.37 Å². The maximum absolute atomic E-state index is 15.0. The lowest BCUT2D eigenvalue weighted by atomic mass is 9.96. The molecule has 1 fully saturated rings. The zero-order chi connectivity index (χ0) is 25.8. The second kappa shape index (κ2) is 11.0. The fraction of sp³-hybridized carbons (Fsp3) is 0.333. The summed E-state index contributed by atoms with van der Waals surface area (Å²) in [4.78, 5) is 15.6. The molecule has 190 valence electrons. The molecular formula is C30H28FNO5. The Bertz CT molecular complexity index is 1320. The molecule has 37 heavy (non-hydrogen) atoms. The predicted octanol–water partition coefficient (Wildman–Crippen LogP) is 5.70. The second-order valence-corrected chi connectivity index (χ2v) is 9.24. The second-order valence-electron chi connectivity index (χ2n) is 9.24. The van der Waals surface area contributed by atoms with Gasteiger partial charge in [0.05, 0.1) is 25.6 Å². The summed E-state index contributed by atoms with van der Waals surface area (Å²) in [7, 11) is 0. The van der Waals surface area contributed by atoms with Crippen molar-refractivity contribution in [3.63, 3.8) is 0 Å². The molecule has 6 nitrogen and oxygen atoms in total. The first kappa shape index (κ1) is 24.8. The van der Waals surface area contributed by atoms with Crippen LogP contribution < -0.4 is 9.47 Å². The molecule has 1 unspecified atom stereocenters. The maximum Gasteiger partial charge on any atom is 0.304 e. The fourth-order valence-electron chi connectivity index (χ4n) is 4.99. The molecule has 2 heterocycles. The summed E-state index contributed by atoms with van der Waals surface area (Å²) in [5, 5.41) is 9.17. The van der Waals surface area contributed by atoms with Gasteiger partial charge in [-0.1, -0.05) is 24.1 Å². The van der Waals surface area contributed by atoms with Crippen LogP contribution in [0.5, 0.6) is 11.6 Å². The number of carboxylic acid groups (broad SMARTS) is 1. The van der Waals surface area contributed by atoms with Crippen LogP contribution in [0.1, 0.15) is 54.9 Å². The van der Waals surface area contributed by atoms with E-state index >= 15 is 4.39 Å². The van der Waals surface area contributed by atoms with Crippen LogP contribution in [0.15, 0.2) is 54.7 Å². The first-order valence-electron chi connectivity index (χ1n) is 12.4. The van der Waals surface area contributed by atoms with E-state index in [9.17, 15) is 9.90 Å². The summed E-state index contributed by atoms with van der Waals surface area (Å²) in [6.45, 7) is 2.95. The first-order chi connectivity index (χ1) is 18.0. The number of fused-ring (bicyclic) bond motifs is 1. The van der Waals surface area contributed by atoms with Gasteiger partial charge >= 0.3 is 5.97 Å². The zero-order valence-corrected chi connectivity index (χ0v) is 20.6. The topological polar surface area (TPSA) is 77.9 Å². The van der Waals surface area contributed by atoms with Crippen molar-refractivity contribution in [2.75, 3.05) is 13.2 Å². The lowest BCUT2D eigenvalue weighted by molar-refractivity contribution is -0.137. The number of ether oxygens (including phenoxy) is 3. The van der Waals surface area contributed by atoms with E-state index in [0.717, 1.165) is 29.5 Å². The molecule has 3 aromatic rings. The molecule has 0 bridgehead atoms. The molecule has 1 aliphatic carbocycles. The van der Waals surface area contributed by atoms with E-state index in [1.165, 1.54) is 6.07 Å². The highest BCUT2D eigenvalue weighted by Crippen LogP contribution is 2.41. The molecule has 5 rings (SSSR count). The van der Waals surface area contributed by atoms with E-state index in [4.69, 9.17) is 14.2 Å². The molecule has 1 aromatic heterocycles. The molecule has 0 radical (unpaired) electrons. The van der Waals surface area contributed by atoms with Gasteiger partial charge in [-0.15, -0.1) is 5.92 Å². The lowest BCUT2D eigenvalue weighted by Gasteiger charge is -2.17. The molecule has 0 amide bonds. The Labute approximate surface area is 215 Å². The summed E-state index contributed by atoms with van der Waals surface area (Å²) in [5.41, 5.74) is 3.99. The Balaban J connectivity index is 1.32.